The molecule has 0 radical (unpaired) electrons. The molecule has 1 spiro atoms. The van der Waals surface area contributed by atoms with Gasteiger partial charge < -0.3 is 10.1 Å². The second-order valence-corrected chi connectivity index (χ2v) is 11.7. The largest absolute Gasteiger partial charge is 0.452 e. The lowest BCUT2D eigenvalue weighted by atomic mass is 9.67. The highest BCUT2D eigenvalue weighted by Crippen LogP contribution is 2.64. The van der Waals surface area contributed by atoms with E-state index in [0.29, 0.717) is 15.9 Å². The minimum absolute atomic E-state index is 0.0346. The summed E-state index contributed by atoms with van der Waals surface area (Å²) in [6.45, 7) is 7.46. The third-order valence-corrected chi connectivity index (χ3v) is 9.63. The van der Waals surface area contributed by atoms with Crippen LogP contribution >= 0.6 is 23.5 Å². The molecule has 1 unspecified atom stereocenters. The van der Waals surface area contributed by atoms with E-state index in [2.05, 4.69) is 28.8 Å². The molecule has 2 saturated carbocycles. The fourth-order valence-electron chi connectivity index (χ4n) is 4.60. The molecule has 4 nitrogen and oxygen atoms in total. The number of carbonyl (C=O) groups is 2. The van der Waals surface area contributed by atoms with E-state index in [0.717, 1.165) is 12.8 Å². The summed E-state index contributed by atoms with van der Waals surface area (Å²) >= 11 is 4.29. The van der Waals surface area contributed by atoms with Crippen LogP contribution in [0.1, 0.15) is 59.8 Å². The van der Waals surface area contributed by atoms with Gasteiger partial charge in [0.2, 0.25) is 0 Å². The number of hydrogen-bond donors (Lipinski definition) is 1. The van der Waals surface area contributed by atoms with E-state index in [1.807, 2.05) is 20.8 Å². The molecule has 0 aromatic heterocycles. The number of carbonyl (C=O) groups excluding carboxylic acids is 2. The Kier molecular flexibility index (Phi) is 5.69. The Balaban J connectivity index is 1.60. The molecule has 1 amide bonds. The summed E-state index contributed by atoms with van der Waals surface area (Å²) in [5, 5.41) is 2.88. The highest BCUT2D eigenvalue weighted by atomic mass is 32.2. The van der Waals surface area contributed by atoms with Gasteiger partial charge in [0.1, 0.15) is 0 Å². The van der Waals surface area contributed by atoms with Gasteiger partial charge in [-0.25, -0.2) is 0 Å². The minimum Gasteiger partial charge on any atom is -0.452 e. The second kappa shape index (κ2) is 7.34. The van der Waals surface area contributed by atoms with Crippen molar-refractivity contribution in [2.75, 3.05) is 11.5 Å². The van der Waals surface area contributed by atoms with Gasteiger partial charge in [0.15, 0.2) is 6.10 Å². The monoisotopic (exact) mass is 385 g/mol. The molecule has 2 bridgehead atoms. The molecule has 3 fully saturated rings. The lowest BCUT2D eigenvalue weighted by Crippen LogP contribution is -2.49. The number of hydrogen-bond acceptors (Lipinski definition) is 5. The third-order valence-electron chi connectivity index (χ3n) is 5.61. The van der Waals surface area contributed by atoms with E-state index in [1.165, 1.54) is 30.8 Å². The van der Waals surface area contributed by atoms with Crippen LogP contribution in [0.5, 0.6) is 0 Å². The minimum atomic E-state index is -0.724. The maximum Gasteiger partial charge on any atom is 0.309 e. The van der Waals surface area contributed by atoms with Gasteiger partial charge in [-0.05, 0) is 65.2 Å². The first-order valence-corrected chi connectivity index (χ1v) is 11.5. The van der Waals surface area contributed by atoms with Crippen molar-refractivity contribution >= 4 is 35.4 Å². The van der Waals surface area contributed by atoms with Gasteiger partial charge in [-0.2, -0.15) is 0 Å². The Bertz CT molecular complexity index is 509. The van der Waals surface area contributed by atoms with Crippen molar-refractivity contribution in [3.8, 4) is 0 Å². The van der Waals surface area contributed by atoms with Crippen LogP contribution in [0, 0.1) is 17.8 Å². The van der Waals surface area contributed by atoms with Crippen molar-refractivity contribution in [3.05, 3.63) is 0 Å². The first-order chi connectivity index (χ1) is 11.7. The zero-order valence-electron chi connectivity index (χ0n) is 15.8. The molecule has 2 aliphatic carbocycles. The fraction of sp³-hybridized carbons (Fsp3) is 0.895. The summed E-state index contributed by atoms with van der Waals surface area (Å²) in [6, 6.07) is 0. The summed E-state index contributed by atoms with van der Waals surface area (Å²) in [5.74, 6) is 3.31. The molecule has 1 saturated heterocycles. The first-order valence-electron chi connectivity index (χ1n) is 9.52. The molecule has 3 rings (SSSR count). The number of esters is 1. The second-order valence-electron chi connectivity index (χ2n) is 8.73. The van der Waals surface area contributed by atoms with Gasteiger partial charge in [0, 0.05) is 17.0 Å². The Hall–Kier alpha value is -0.360. The smallest absolute Gasteiger partial charge is 0.309 e. The zero-order valence-corrected chi connectivity index (χ0v) is 17.4. The average Bonchev–Trinajstić information content (AvgIpc) is 2.94. The SMILES string of the molecule is C[C@H](OC(=O)C1C[C@H]2CCC[C@@H](C1)C21SCCS1)C(=O)NC(C)(C)C. The molecule has 3 aliphatic rings. The summed E-state index contributed by atoms with van der Waals surface area (Å²) in [4.78, 5) is 24.9. The molecule has 25 heavy (non-hydrogen) atoms. The van der Waals surface area contributed by atoms with Crippen molar-refractivity contribution in [1.29, 1.82) is 0 Å². The van der Waals surface area contributed by atoms with Crippen LogP contribution in [0.3, 0.4) is 0 Å². The zero-order chi connectivity index (χ0) is 18.2. The number of rotatable bonds is 3. The molecule has 142 valence electrons. The predicted molar refractivity (Wildman–Crippen MR) is 105 cm³/mol. The maximum absolute atomic E-state index is 12.7. The van der Waals surface area contributed by atoms with Crippen LogP contribution in [0.15, 0.2) is 0 Å². The number of ether oxygens (including phenoxy) is 1. The van der Waals surface area contributed by atoms with Crippen molar-refractivity contribution in [2.24, 2.45) is 17.8 Å². The number of amides is 1. The standard InChI is InChI=1S/C19H31NO3S2/c1-12(16(21)20-18(2,3)4)23-17(22)13-10-14-6-5-7-15(11-13)19(14)24-8-9-25-19/h12-15H,5-11H2,1-4H3,(H,20,21)/t12-,13?,14-,15+/m0/s1. The third kappa shape index (κ3) is 4.15. The van der Waals surface area contributed by atoms with Crippen LogP contribution in [0.4, 0.5) is 0 Å². The van der Waals surface area contributed by atoms with Crippen LogP contribution in [-0.4, -0.2) is 39.1 Å². The van der Waals surface area contributed by atoms with Gasteiger partial charge in [-0.3, -0.25) is 9.59 Å². The van der Waals surface area contributed by atoms with Gasteiger partial charge >= 0.3 is 5.97 Å². The van der Waals surface area contributed by atoms with Crippen molar-refractivity contribution < 1.29 is 14.3 Å². The predicted octanol–water partition coefficient (Wildman–Crippen LogP) is 3.84. The average molecular weight is 386 g/mol. The van der Waals surface area contributed by atoms with Gasteiger partial charge in [-0.15, -0.1) is 23.5 Å². The van der Waals surface area contributed by atoms with Crippen LogP contribution in [-0.2, 0) is 14.3 Å². The van der Waals surface area contributed by atoms with Crippen molar-refractivity contribution in [3.63, 3.8) is 0 Å². The molecule has 6 heteroatoms. The summed E-state index contributed by atoms with van der Waals surface area (Å²) in [6.07, 6.45) is 4.91. The van der Waals surface area contributed by atoms with E-state index in [4.69, 9.17) is 4.74 Å². The molecule has 1 heterocycles. The van der Waals surface area contributed by atoms with E-state index in [1.54, 1.807) is 6.92 Å². The van der Waals surface area contributed by atoms with E-state index < -0.39 is 6.10 Å². The van der Waals surface area contributed by atoms with Gasteiger partial charge in [-0.1, -0.05) is 6.42 Å². The van der Waals surface area contributed by atoms with Crippen molar-refractivity contribution in [2.45, 2.75) is 75.5 Å². The van der Waals surface area contributed by atoms with E-state index >= 15 is 0 Å². The summed E-state index contributed by atoms with van der Waals surface area (Å²) in [7, 11) is 0. The highest BCUT2D eigenvalue weighted by molar-refractivity contribution is 8.21. The van der Waals surface area contributed by atoms with E-state index in [-0.39, 0.29) is 23.3 Å². The molecular weight excluding hydrogens is 354 g/mol. The molecular formula is C19H31NO3S2. The number of nitrogens with one attached hydrogen (secondary N) is 1. The maximum atomic E-state index is 12.7. The molecule has 1 aliphatic heterocycles. The summed E-state index contributed by atoms with van der Waals surface area (Å²) in [5.41, 5.74) is -0.317. The Morgan fingerprint density at radius 1 is 1.12 bits per heavy atom. The highest BCUT2D eigenvalue weighted by Gasteiger charge is 2.55. The Morgan fingerprint density at radius 3 is 2.20 bits per heavy atom. The quantitative estimate of drug-likeness (QED) is 0.748. The Labute approximate surface area is 160 Å². The normalized spacial score (nSPS) is 32.2. The van der Waals surface area contributed by atoms with E-state index in [9.17, 15) is 9.59 Å². The lowest BCUT2D eigenvalue weighted by Gasteiger charge is -2.51. The molecule has 0 aromatic rings. The molecule has 0 aromatic carbocycles. The topological polar surface area (TPSA) is 55.4 Å². The fourth-order valence-corrected chi connectivity index (χ4v) is 8.53. The first kappa shape index (κ1) is 19.4. The van der Waals surface area contributed by atoms with Gasteiger partial charge in [0.05, 0.1) is 10.00 Å². The molecule has 1 N–H and O–H groups in total. The van der Waals surface area contributed by atoms with Crippen LogP contribution in [0.25, 0.3) is 0 Å². The van der Waals surface area contributed by atoms with Crippen LogP contribution < -0.4 is 5.32 Å². The number of thioether (sulfide) groups is 2. The van der Waals surface area contributed by atoms with Gasteiger partial charge in [0.25, 0.3) is 5.91 Å². The molecule has 4 atom stereocenters. The van der Waals surface area contributed by atoms with Crippen LogP contribution in [0.2, 0.25) is 0 Å². The Morgan fingerprint density at radius 2 is 1.68 bits per heavy atom. The van der Waals surface area contributed by atoms with Crippen molar-refractivity contribution in [1.82, 2.24) is 5.32 Å². The summed E-state index contributed by atoms with van der Waals surface area (Å²) < 4.78 is 5.91. The lowest BCUT2D eigenvalue weighted by molar-refractivity contribution is -0.161.